The molecule has 3 nitrogen and oxygen atoms in total. The molecule has 0 heterocycles. The fraction of sp³-hybridized carbons (Fsp3) is 1.00. The Morgan fingerprint density at radius 3 is 2.12 bits per heavy atom. The van der Waals surface area contributed by atoms with Crippen molar-refractivity contribution in [3.8, 4) is 0 Å². The second-order valence-electron chi connectivity index (χ2n) is 15.5. The average molecular weight is 475 g/mol. The summed E-state index contributed by atoms with van der Waals surface area (Å²) in [6, 6.07) is 0. The summed E-state index contributed by atoms with van der Waals surface area (Å²) in [4.78, 5) is 0. The van der Waals surface area contributed by atoms with Crippen LogP contribution in [0.15, 0.2) is 0 Å². The fourth-order valence-corrected chi connectivity index (χ4v) is 11.5. The van der Waals surface area contributed by atoms with Gasteiger partial charge in [0, 0.05) is 0 Å². The molecule has 0 unspecified atom stereocenters. The van der Waals surface area contributed by atoms with Crippen LogP contribution < -0.4 is 0 Å². The van der Waals surface area contributed by atoms with Gasteiger partial charge in [-0.05, 0) is 127 Å². The molecular weight excluding hydrogens is 420 g/mol. The summed E-state index contributed by atoms with van der Waals surface area (Å²) < 4.78 is 0. The van der Waals surface area contributed by atoms with Gasteiger partial charge in [0.2, 0.25) is 0 Å². The molecule has 5 aliphatic rings. The number of aliphatic hydroxyl groups is 3. The molecule has 0 radical (unpaired) electrons. The maximum atomic E-state index is 10.9. The highest BCUT2D eigenvalue weighted by Gasteiger charge is 2.82. The van der Waals surface area contributed by atoms with Crippen LogP contribution in [-0.2, 0) is 0 Å². The van der Waals surface area contributed by atoms with Crippen molar-refractivity contribution in [2.45, 2.75) is 131 Å². The molecule has 0 aliphatic heterocycles. The average Bonchev–Trinajstić information content (AvgIpc) is 3.37. The van der Waals surface area contributed by atoms with E-state index in [1.807, 2.05) is 13.8 Å². The van der Waals surface area contributed by atoms with Crippen LogP contribution in [0.25, 0.3) is 0 Å². The first-order valence-electron chi connectivity index (χ1n) is 14.8. The Balaban J connectivity index is 1.37. The molecule has 2 spiro atoms. The van der Waals surface area contributed by atoms with Gasteiger partial charge in [-0.25, -0.2) is 0 Å². The van der Waals surface area contributed by atoms with Crippen molar-refractivity contribution < 1.29 is 15.3 Å². The molecule has 0 aromatic heterocycles. The minimum atomic E-state index is -0.940. The van der Waals surface area contributed by atoms with Crippen LogP contribution in [0.5, 0.6) is 0 Å². The fourth-order valence-electron chi connectivity index (χ4n) is 11.5. The van der Waals surface area contributed by atoms with Crippen LogP contribution >= 0.6 is 0 Å². The van der Waals surface area contributed by atoms with E-state index < -0.39 is 5.60 Å². The van der Waals surface area contributed by atoms with Gasteiger partial charge in [-0.1, -0.05) is 48.5 Å². The molecular formula is C31H54O3. The van der Waals surface area contributed by atoms with Crippen molar-refractivity contribution >= 4 is 0 Å². The Labute approximate surface area is 209 Å². The summed E-state index contributed by atoms with van der Waals surface area (Å²) in [6.07, 6.45) is 13.5. The van der Waals surface area contributed by atoms with Crippen LogP contribution in [-0.4, -0.2) is 33.6 Å². The topological polar surface area (TPSA) is 60.7 Å². The summed E-state index contributed by atoms with van der Waals surface area (Å²) in [5.74, 6) is 2.95. The Bertz CT molecular complexity index is 806. The van der Waals surface area contributed by atoms with E-state index in [4.69, 9.17) is 0 Å². The Kier molecular flexibility index (Phi) is 5.78. The van der Waals surface area contributed by atoms with Gasteiger partial charge >= 0.3 is 0 Å². The number of hydrogen-bond donors (Lipinski definition) is 3. The first-order chi connectivity index (χ1) is 15.7. The number of fused-ring (bicyclic) bond motifs is 2. The van der Waals surface area contributed by atoms with Crippen LogP contribution in [0.2, 0.25) is 0 Å². The standard InChI is InChI=1S/C31H54O3/c1-20(2)31(34,19-32)15-10-21(3)22-11-13-28(7)24-9-8-23-26(4,5)25(33)12-14-29(23)18-30(24,29)17-16-27(22,28)6/h20-25,32-34H,8-19H2,1-7H3/t21-,22-,23+,24+,25+,27-,28+,29-,30+,31-/m1/s1. The van der Waals surface area contributed by atoms with Gasteiger partial charge in [0.05, 0.1) is 18.3 Å². The van der Waals surface area contributed by atoms with E-state index in [1.165, 1.54) is 51.4 Å². The lowest BCUT2D eigenvalue weighted by molar-refractivity contribution is -0.162. The third-order valence-electron chi connectivity index (χ3n) is 14.2. The molecule has 5 fully saturated rings. The molecule has 0 bridgehead atoms. The number of aliphatic hydroxyl groups excluding tert-OH is 2. The highest BCUT2D eigenvalue weighted by Crippen LogP contribution is 2.89. The van der Waals surface area contributed by atoms with Crippen LogP contribution in [0.1, 0.15) is 119 Å². The monoisotopic (exact) mass is 474 g/mol. The van der Waals surface area contributed by atoms with E-state index in [2.05, 4.69) is 34.6 Å². The van der Waals surface area contributed by atoms with Crippen LogP contribution in [0, 0.1) is 56.7 Å². The zero-order chi connectivity index (χ0) is 24.9. The maximum Gasteiger partial charge on any atom is 0.0900 e. The zero-order valence-electron chi connectivity index (χ0n) is 23.3. The first-order valence-corrected chi connectivity index (χ1v) is 14.8. The first kappa shape index (κ1) is 25.5. The Morgan fingerprint density at radius 1 is 0.824 bits per heavy atom. The third-order valence-corrected chi connectivity index (χ3v) is 14.2. The van der Waals surface area contributed by atoms with E-state index in [-0.39, 0.29) is 24.0 Å². The highest BCUT2D eigenvalue weighted by atomic mass is 16.3. The van der Waals surface area contributed by atoms with Gasteiger partial charge in [0.25, 0.3) is 0 Å². The quantitative estimate of drug-likeness (QED) is 0.407. The van der Waals surface area contributed by atoms with Crippen LogP contribution in [0.4, 0.5) is 0 Å². The Morgan fingerprint density at radius 2 is 1.47 bits per heavy atom. The molecule has 3 heteroatoms. The lowest BCUT2D eigenvalue weighted by Crippen LogP contribution is -2.57. The number of hydrogen-bond acceptors (Lipinski definition) is 3. The summed E-state index contributed by atoms with van der Waals surface area (Å²) in [6.45, 7) is 16.4. The molecule has 0 amide bonds. The minimum Gasteiger partial charge on any atom is -0.393 e. The van der Waals surface area contributed by atoms with Crippen molar-refractivity contribution in [1.82, 2.24) is 0 Å². The molecule has 196 valence electrons. The summed E-state index contributed by atoms with van der Waals surface area (Å²) in [5, 5.41) is 31.7. The lowest BCUT2D eigenvalue weighted by Gasteiger charge is -2.63. The van der Waals surface area contributed by atoms with Gasteiger partial charge < -0.3 is 15.3 Å². The molecule has 3 N–H and O–H groups in total. The highest BCUT2D eigenvalue weighted by molar-refractivity contribution is 5.30. The molecule has 0 aromatic rings. The van der Waals surface area contributed by atoms with E-state index in [0.717, 1.165) is 24.7 Å². The molecule has 5 aliphatic carbocycles. The third kappa shape index (κ3) is 2.99. The van der Waals surface area contributed by atoms with Crippen molar-refractivity contribution in [3.05, 3.63) is 0 Å². The molecule has 0 aromatic carbocycles. The zero-order valence-corrected chi connectivity index (χ0v) is 23.3. The normalized spacial score (nSPS) is 51.6. The second kappa shape index (κ2) is 7.70. The van der Waals surface area contributed by atoms with Gasteiger partial charge in [-0.15, -0.1) is 0 Å². The van der Waals surface area contributed by atoms with E-state index in [9.17, 15) is 15.3 Å². The second-order valence-corrected chi connectivity index (χ2v) is 15.5. The van der Waals surface area contributed by atoms with E-state index in [1.54, 1.807) is 0 Å². The molecule has 10 atom stereocenters. The van der Waals surface area contributed by atoms with E-state index in [0.29, 0.717) is 39.9 Å². The summed E-state index contributed by atoms with van der Waals surface area (Å²) in [5.41, 5.74) is 1.00. The molecule has 34 heavy (non-hydrogen) atoms. The summed E-state index contributed by atoms with van der Waals surface area (Å²) in [7, 11) is 0. The van der Waals surface area contributed by atoms with Gasteiger partial charge in [-0.3, -0.25) is 0 Å². The lowest BCUT2D eigenvalue weighted by atomic mass is 9.41. The SMILES string of the molecule is CC(C)[C@](O)(CO)CC[C@@H](C)[C@H]1CC[C@@]2(C)[C@@H]3CC[C@H]4C(C)(C)[C@@H](O)CC[C@@]45C[C@@]35CC[C@]12C. The smallest absolute Gasteiger partial charge is 0.0900 e. The van der Waals surface area contributed by atoms with Crippen molar-refractivity contribution in [2.24, 2.45) is 56.7 Å². The molecule has 0 saturated heterocycles. The predicted octanol–water partition coefficient (Wildman–Crippen LogP) is 6.58. The van der Waals surface area contributed by atoms with Crippen molar-refractivity contribution in [1.29, 1.82) is 0 Å². The Hall–Kier alpha value is -0.120. The van der Waals surface area contributed by atoms with Crippen molar-refractivity contribution in [3.63, 3.8) is 0 Å². The van der Waals surface area contributed by atoms with Gasteiger partial charge in [0.1, 0.15) is 0 Å². The largest absolute Gasteiger partial charge is 0.393 e. The van der Waals surface area contributed by atoms with E-state index >= 15 is 0 Å². The van der Waals surface area contributed by atoms with Gasteiger partial charge in [0.15, 0.2) is 0 Å². The predicted molar refractivity (Wildman–Crippen MR) is 138 cm³/mol. The van der Waals surface area contributed by atoms with Crippen LogP contribution in [0.3, 0.4) is 0 Å². The molecule has 5 saturated carbocycles. The summed E-state index contributed by atoms with van der Waals surface area (Å²) >= 11 is 0. The number of rotatable bonds is 6. The maximum absolute atomic E-state index is 10.9. The molecule has 5 rings (SSSR count). The minimum absolute atomic E-state index is 0.0705. The van der Waals surface area contributed by atoms with Gasteiger partial charge in [-0.2, -0.15) is 0 Å². The van der Waals surface area contributed by atoms with Crippen molar-refractivity contribution in [2.75, 3.05) is 6.61 Å².